The van der Waals surface area contributed by atoms with Crippen LogP contribution in [0.5, 0.6) is 0 Å². The van der Waals surface area contributed by atoms with E-state index >= 15 is 0 Å². The molecule has 9 heteroatoms. The molecule has 7 nitrogen and oxygen atoms in total. The predicted molar refractivity (Wildman–Crippen MR) is 60.2 cm³/mol. The fourth-order valence-corrected chi connectivity index (χ4v) is 0.936. The molecular weight excluding hydrogens is 291 g/mol. The molecule has 0 aromatic carbocycles. The molecule has 0 atom stereocenters. The second-order valence-electron chi connectivity index (χ2n) is 2.69. The molecule has 0 rings (SSSR count). The maximum Gasteiger partial charge on any atom is 0.514 e. The summed E-state index contributed by atoms with van der Waals surface area (Å²) in [7, 11) is 0. The first-order valence-corrected chi connectivity index (χ1v) is 5.89. The minimum Gasteiger partial charge on any atom is -0.428 e. The van der Waals surface area contributed by atoms with Crippen LogP contribution in [0.1, 0.15) is 12.8 Å². The maximum atomic E-state index is 10.8. The van der Waals surface area contributed by atoms with Gasteiger partial charge >= 0.3 is 18.1 Å². The summed E-state index contributed by atoms with van der Waals surface area (Å²) in [4.78, 5) is 32.4. The van der Waals surface area contributed by atoms with Gasteiger partial charge in [0.1, 0.15) is 0 Å². The van der Waals surface area contributed by atoms with Gasteiger partial charge in [0.05, 0.1) is 12.8 Å². The fraction of sp³-hybridized carbons (Fsp3) is 0.667. The minimum atomic E-state index is -1.13. The van der Waals surface area contributed by atoms with Crippen molar-refractivity contribution in [1.82, 2.24) is 0 Å². The Labute approximate surface area is 113 Å². The van der Waals surface area contributed by atoms with Crippen molar-refractivity contribution in [2.75, 3.05) is 25.3 Å². The first kappa shape index (κ1) is 16.8. The molecule has 0 fully saturated rings. The lowest BCUT2D eigenvalue weighted by molar-refractivity contribution is -0.157. The van der Waals surface area contributed by atoms with E-state index in [1.165, 1.54) is 0 Å². The predicted octanol–water partition coefficient (Wildman–Crippen LogP) is 1.40. The van der Waals surface area contributed by atoms with E-state index in [0.29, 0.717) is 0 Å². The van der Waals surface area contributed by atoms with Crippen LogP contribution in [0.3, 0.4) is 0 Å². The Kier molecular flexibility index (Phi) is 10.2. The van der Waals surface area contributed by atoms with E-state index in [2.05, 4.69) is 18.9 Å². The fourth-order valence-electron chi connectivity index (χ4n) is 0.627. The molecule has 0 aromatic rings. The summed E-state index contributed by atoms with van der Waals surface area (Å²) in [5, 5.41) is 0. The van der Waals surface area contributed by atoms with Gasteiger partial charge in [-0.1, -0.05) is 0 Å². The summed E-state index contributed by atoms with van der Waals surface area (Å²) in [6.45, 7) is -1.19. The minimum absolute atomic E-state index is 0.00992. The molecule has 0 saturated heterocycles. The zero-order chi connectivity index (χ0) is 13.8. The smallest absolute Gasteiger partial charge is 0.428 e. The van der Waals surface area contributed by atoms with E-state index in [1.807, 2.05) is 0 Å². The Morgan fingerprint density at radius 2 is 1.11 bits per heavy atom. The van der Waals surface area contributed by atoms with E-state index in [-0.39, 0.29) is 24.6 Å². The average molecular weight is 303 g/mol. The molecule has 0 heterocycles. The van der Waals surface area contributed by atoms with Crippen molar-refractivity contribution in [1.29, 1.82) is 0 Å². The number of esters is 2. The Balaban J connectivity index is 3.48. The molecule has 0 bridgehead atoms. The van der Waals surface area contributed by atoms with Crippen LogP contribution in [0.4, 0.5) is 4.79 Å². The van der Waals surface area contributed by atoms with Crippen molar-refractivity contribution in [3.05, 3.63) is 0 Å². The molecule has 0 saturated carbocycles. The molecule has 18 heavy (non-hydrogen) atoms. The number of hydrogen-bond donors (Lipinski definition) is 0. The van der Waals surface area contributed by atoms with E-state index in [0.717, 1.165) is 0 Å². The molecule has 104 valence electrons. The lowest BCUT2D eigenvalue weighted by Crippen LogP contribution is -2.16. The number of carbonyl (C=O) groups excluding carboxylic acids is 3. The number of alkyl halides is 2. The topological polar surface area (TPSA) is 88.1 Å². The van der Waals surface area contributed by atoms with Crippen molar-refractivity contribution >= 4 is 41.3 Å². The normalized spacial score (nSPS) is 9.44. The summed E-state index contributed by atoms with van der Waals surface area (Å²) in [5.74, 6) is -0.989. The summed E-state index contributed by atoms with van der Waals surface area (Å²) in [6.07, 6.45) is -1.11. The highest BCUT2D eigenvalue weighted by molar-refractivity contribution is 6.19. The molecule has 0 aliphatic carbocycles. The van der Waals surface area contributed by atoms with Crippen molar-refractivity contribution in [3.8, 4) is 0 Å². The lowest BCUT2D eigenvalue weighted by atomic mass is 10.5. The van der Waals surface area contributed by atoms with Gasteiger partial charge in [0.25, 0.3) is 0 Å². The van der Waals surface area contributed by atoms with Crippen LogP contribution in [0.25, 0.3) is 0 Å². The van der Waals surface area contributed by atoms with E-state index in [4.69, 9.17) is 23.2 Å². The summed E-state index contributed by atoms with van der Waals surface area (Å²) < 4.78 is 17.6. The molecule has 0 radical (unpaired) electrons. The van der Waals surface area contributed by atoms with Gasteiger partial charge in [0, 0.05) is 11.8 Å². The van der Waals surface area contributed by atoms with Crippen molar-refractivity contribution < 1.29 is 33.3 Å². The second kappa shape index (κ2) is 10.9. The van der Waals surface area contributed by atoms with E-state index in [1.54, 1.807) is 0 Å². The Bertz CT molecular complexity index is 256. The van der Waals surface area contributed by atoms with E-state index in [9.17, 15) is 14.4 Å². The van der Waals surface area contributed by atoms with Gasteiger partial charge < -0.3 is 18.9 Å². The largest absolute Gasteiger partial charge is 0.514 e. The van der Waals surface area contributed by atoms with Crippen LogP contribution >= 0.6 is 23.2 Å². The molecule has 0 unspecified atom stereocenters. The molecule has 0 aliphatic rings. The molecular formula is C9H12Cl2O7. The molecule has 0 amide bonds. The standard InChI is InChI=1S/C9H12Cl2O7/c10-3-1-7(12)15-5-17-9(14)18-6-16-8(13)2-4-11/h1-6H2. The third-order valence-corrected chi connectivity index (χ3v) is 1.77. The zero-order valence-corrected chi connectivity index (χ0v) is 10.9. The van der Waals surface area contributed by atoms with Crippen LogP contribution in [-0.4, -0.2) is 43.4 Å². The van der Waals surface area contributed by atoms with Crippen molar-refractivity contribution in [2.45, 2.75) is 12.8 Å². The van der Waals surface area contributed by atoms with E-state index < -0.39 is 31.7 Å². The lowest BCUT2D eigenvalue weighted by Gasteiger charge is -2.07. The van der Waals surface area contributed by atoms with Crippen molar-refractivity contribution in [2.24, 2.45) is 0 Å². The SMILES string of the molecule is O=C(CCCl)OCOC(=O)OCOC(=O)CCCl. The molecule has 0 aliphatic heterocycles. The van der Waals surface area contributed by atoms with Gasteiger partial charge in [-0.15, -0.1) is 23.2 Å². The van der Waals surface area contributed by atoms with Gasteiger partial charge in [-0.3, -0.25) is 9.59 Å². The first-order chi connectivity index (χ1) is 8.60. The van der Waals surface area contributed by atoms with Crippen molar-refractivity contribution in [3.63, 3.8) is 0 Å². The van der Waals surface area contributed by atoms with Gasteiger partial charge in [0.15, 0.2) is 0 Å². The zero-order valence-electron chi connectivity index (χ0n) is 9.36. The third kappa shape index (κ3) is 9.98. The molecule has 0 N–H and O–H groups in total. The second-order valence-corrected chi connectivity index (χ2v) is 3.44. The number of rotatable bonds is 8. The maximum absolute atomic E-state index is 10.8. The quantitative estimate of drug-likeness (QED) is 0.380. The molecule has 0 aromatic heterocycles. The number of hydrogen-bond acceptors (Lipinski definition) is 7. The number of ether oxygens (including phenoxy) is 4. The Morgan fingerprint density at radius 3 is 1.44 bits per heavy atom. The van der Waals surface area contributed by atoms with Crippen LogP contribution in [0.15, 0.2) is 0 Å². The highest BCUT2D eigenvalue weighted by Crippen LogP contribution is 1.94. The first-order valence-electron chi connectivity index (χ1n) is 4.83. The van der Waals surface area contributed by atoms with Crippen LogP contribution in [0, 0.1) is 0 Å². The number of halogens is 2. The summed E-state index contributed by atoms with van der Waals surface area (Å²) in [6, 6.07) is 0. The molecule has 0 spiro atoms. The highest BCUT2D eigenvalue weighted by Gasteiger charge is 2.08. The summed E-state index contributed by atoms with van der Waals surface area (Å²) >= 11 is 10.5. The van der Waals surface area contributed by atoms with Crippen LogP contribution in [-0.2, 0) is 28.5 Å². The van der Waals surface area contributed by atoms with Gasteiger partial charge in [-0.2, -0.15) is 0 Å². The Morgan fingerprint density at radius 1 is 0.722 bits per heavy atom. The van der Waals surface area contributed by atoms with Crippen LogP contribution < -0.4 is 0 Å². The van der Waals surface area contributed by atoms with Gasteiger partial charge in [-0.25, -0.2) is 4.79 Å². The van der Waals surface area contributed by atoms with Gasteiger partial charge in [-0.05, 0) is 0 Å². The average Bonchev–Trinajstić information content (AvgIpc) is 2.29. The van der Waals surface area contributed by atoms with Gasteiger partial charge in [0.2, 0.25) is 13.6 Å². The summed E-state index contributed by atoms with van der Waals surface area (Å²) in [5.41, 5.74) is 0. The third-order valence-electron chi connectivity index (χ3n) is 1.39. The monoisotopic (exact) mass is 302 g/mol. The van der Waals surface area contributed by atoms with Crippen LogP contribution in [0.2, 0.25) is 0 Å². The number of carbonyl (C=O) groups is 3. The highest BCUT2D eigenvalue weighted by atomic mass is 35.5. The Hall–Kier alpha value is -1.21.